The van der Waals surface area contributed by atoms with E-state index in [4.69, 9.17) is 27.9 Å². The van der Waals surface area contributed by atoms with Crippen molar-refractivity contribution in [1.82, 2.24) is 0 Å². The summed E-state index contributed by atoms with van der Waals surface area (Å²) < 4.78 is 5.66. The molecule has 1 unspecified atom stereocenters. The zero-order valence-corrected chi connectivity index (χ0v) is 9.64. The highest BCUT2D eigenvalue weighted by Crippen LogP contribution is 2.44. The van der Waals surface area contributed by atoms with Crippen molar-refractivity contribution in [2.24, 2.45) is 5.92 Å². The third-order valence-corrected chi connectivity index (χ3v) is 2.85. The zero-order chi connectivity index (χ0) is 10.3. The quantitative estimate of drug-likeness (QED) is 0.674. The molecular weight excluding hydrogens is 219 g/mol. The van der Waals surface area contributed by atoms with E-state index in [0.717, 1.165) is 16.9 Å². The van der Waals surface area contributed by atoms with E-state index in [0.29, 0.717) is 0 Å². The lowest BCUT2D eigenvalue weighted by molar-refractivity contribution is 0.156. The van der Waals surface area contributed by atoms with Crippen molar-refractivity contribution in [2.45, 2.75) is 24.8 Å². The summed E-state index contributed by atoms with van der Waals surface area (Å²) in [5, 5.41) is 0. The van der Waals surface area contributed by atoms with Gasteiger partial charge in [0.1, 0.15) is 10.6 Å². The molecular formula is C11H12Cl2O. The van der Waals surface area contributed by atoms with Crippen LogP contribution in [0.5, 0.6) is 0 Å². The first-order valence-electron chi connectivity index (χ1n) is 4.68. The minimum Gasteiger partial charge on any atom is -0.491 e. The second-order valence-corrected chi connectivity index (χ2v) is 4.94. The van der Waals surface area contributed by atoms with Crippen LogP contribution in [0.15, 0.2) is 35.1 Å². The van der Waals surface area contributed by atoms with Gasteiger partial charge in [-0.25, -0.2) is 0 Å². The van der Waals surface area contributed by atoms with Gasteiger partial charge in [0.25, 0.3) is 0 Å². The zero-order valence-electron chi connectivity index (χ0n) is 8.13. The van der Waals surface area contributed by atoms with Crippen molar-refractivity contribution in [3.05, 3.63) is 35.1 Å². The van der Waals surface area contributed by atoms with Gasteiger partial charge < -0.3 is 4.74 Å². The number of allylic oxidation sites excluding steroid dienone is 5. The number of fused-ring (bicyclic) bond motifs is 2. The maximum Gasteiger partial charge on any atom is 0.123 e. The molecule has 0 aliphatic heterocycles. The maximum absolute atomic E-state index is 5.91. The van der Waals surface area contributed by atoms with Crippen molar-refractivity contribution in [2.75, 3.05) is 0 Å². The standard InChI is InChI=1S/C11H12Cl2O/c1-6(2)14-9-5-7-3-4-8(9)10(7)11(12)13/h3-6,10-11H,1-2H3. The molecule has 0 aromatic carbocycles. The number of hydrogen-bond acceptors (Lipinski definition) is 1. The maximum atomic E-state index is 5.91. The Balaban J connectivity index is 2.25. The van der Waals surface area contributed by atoms with Crippen LogP contribution in [-0.4, -0.2) is 10.9 Å². The fourth-order valence-corrected chi connectivity index (χ4v) is 2.38. The largest absolute Gasteiger partial charge is 0.491 e. The van der Waals surface area contributed by atoms with E-state index in [9.17, 15) is 0 Å². The van der Waals surface area contributed by atoms with Crippen LogP contribution >= 0.6 is 23.2 Å². The summed E-state index contributed by atoms with van der Waals surface area (Å²) >= 11 is 11.8. The van der Waals surface area contributed by atoms with Gasteiger partial charge in [0.15, 0.2) is 0 Å². The molecule has 0 N–H and O–H groups in total. The number of halogens is 2. The molecule has 2 aliphatic carbocycles. The Morgan fingerprint density at radius 3 is 2.50 bits per heavy atom. The molecule has 2 bridgehead atoms. The molecule has 2 rings (SSSR count). The molecule has 0 amide bonds. The van der Waals surface area contributed by atoms with Crippen LogP contribution < -0.4 is 0 Å². The van der Waals surface area contributed by atoms with E-state index >= 15 is 0 Å². The fraction of sp³-hybridized carbons (Fsp3) is 0.455. The van der Waals surface area contributed by atoms with E-state index in [-0.39, 0.29) is 16.9 Å². The minimum atomic E-state index is -0.389. The molecule has 0 saturated heterocycles. The Labute approximate surface area is 94.0 Å². The van der Waals surface area contributed by atoms with Crippen LogP contribution in [0, 0.1) is 5.92 Å². The lowest BCUT2D eigenvalue weighted by Crippen LogP contribution is -2.08. The Bertz CT molecular complexity index is 337. The van der Waals surface area contributed by atoms with Gasteiger partial charge in [-0.2, -0.15) is 0 Å². The first-order chi connectivity index (χ1) is 6.59. The highest BCUT2D eigenvalue weighted by Gasteiger charge is 2.34. The lowest BCUT2D eigenvalue weighted by Gasteiger charge is -2.13. The van der Waals surface area contributed by atoms with Gasteiger partial charge in [-0.3, -0.25) is 0 Å². The third-order valence-electron chi connectivity index (χ3n) is 2.35. The molecule has 2 aliphatic rings. The minimum absolute atomic E-state index is 0.118. The molecule has 0 radical (unpaired) electrons. The van der Waals surface area contributed by atoms with Gasteiger partial charge in [0.2, 0.25) is 0 Å². The smallest absolute Gasteiger partial charge is 0.123 e. The summed E-state index contributed by atoms with van der Waals surface area (Å²) in [4.78, 5) is -0.389. The number of alkyl halides is 2. The van der Waals surface area contributed by atoms with Crippen LogP contribution in [-0.2, 0) is 4.74 Å². The van der Waals surface area contributed by atoms with Crippen molar-refractivity contribution in [3.8, 4) is 0 Å². The summed E-state index contributed by atoms with van der Waals surface area (Å²) in [5.74, 6) is 1.04. The average molecular weight is 231 g/mol. The molecule has 76 valence electrons. The molecule has 0 spiro atoms. The van der Waals surface area contributed by atoms with Crippen LogP contribution in [0.3, 0.4) is 0 Å². The van der Waals surface area contributed by atoms with E-state index < -0.39 is 0 Å². The lowest BCUT2D eigenvalue weighted by atomic mass is 10.1. The van der Waals surface area contributed by atoms with Gasteiger partial charge in [-0.05, 0) is 25.5 Å². The monoisotopic (exact) mass is 230 g/mol. The van der Waals surface area contributed by atoms with Gasteiger partial charge in [-0.15, -0.1) is 23.2 Å². The Morgan fingerprint density at radius 1 is 1.29 bits per heavy atom. The van der Waals surface area contributed by atoms with E-state index in [1.807, 2.05) is 32.1 Å². The molecule has 0 heterocycles. The average Bonchev–Trinajstić information content (AvgIpc) is 2.58. The Morgan fingerprint density at radius 2 is 2.00 bits per heavy atom. The van der Waals surface area contributed by atoms with Crippen LogP contribution in [0.25, 0.3) is 0 Å². The normalized spacial score (nSPS) is 24.1. The summed E-state index contributed by atoms with van der Waals surface area (Å²) in [6, 6.07) is 0. The second-order valence-electron chi connectivity index (χ2n) is 3.78. The van der Waals surface area contributed by atoms with Crippen molar-refractivity contribution in [3.63, 3.8) is 0 Å². The summed E-state index contributed by atoms with van der Waals surface area (Å²) in [6.07, 6.45) is 6.30. The summed E-state index contributed by atoms with van der Waals surface area (Å²) in [5.41, 5.74) is 2.27. The van der Waals surface area contributed by atoms with Crippen molar-refractivity contribution in [1.29, 1.82) is 0 Å². The highest BCUT2D eigenvalue weighted by molar-refractivity contribution is 6.44. The van der Waals surface area contributed by atoms with Crippen LogP contribution in [0.1, 0.15) is 13.8 Å². The van der Waals surface area contributed by atoms with Crippen LogP contribution in [0.4, 0.5) is 0 Å². The topological polar surface area (TPSA) is 9.23 Å². The molecule has 14 heavy (non-hydrogen) atoms. The van der Waals surface area contributed by atoms with E-state index in [1.165, 1.54) is 0 Å². The highest BCUT2D eigenvalue weighted by atomic mass is 35.5. The molecule has 1 atom stereocenters. The predicted octanol–water partition coefficient (Wildman–Crippen LogP) is 3.60. The van der Waals surface area contributed by atoms with Crippen molar-refractivity contribution < 1.29 is 4.74 Å². The number of hydrogen-bond donors (Lipinski definition) is 0. The Kier molecular flexibility index (Phi) is 2.63. The molecule has 0 aromatic rings. The number of ether oxygens (including phenoxy) is 1. The molecule has 0 aromatic heterocycles. The predicted molar refractivity (Wildman–Crippen MR) is 59.5 cm³/mol. The molecule has 0 fully saturated rings. The van der Waals surface area contributed by atoms with E-state index in [2.05, 4.69) is 0 Å². The summed E-state index contributed by atoms with van der Waals surface area (Å²) in [6.45, 7) is 4.02. The van der Waals surface area contributed by atoms with Gasteiger partial charge in [0.05, 0.1) is 6.10 Å². The first-order valence-corrected chi connectivity index (χ1v) is 5.55. The molecule has 3 heteroatoms. The summed E-state index contributed by atoms with van der Waals surface area (Å²) in [7, 11) is 0. The van der Waals surface area contributed by atoms with Gasteiger partial charge >= 0.3 is 0 Å². The Hall–Kier alpha value is -0.400. The second kappa shape index (κ2) is 3.63. The first kappa shape index (κ1) is 10.1. The van der Waals surface area contributed by atoms with Gasteiger partial charge in [0, 0.05) is 11.5 Å². The number of rotatable bonds is 3. The SMILES string of the molecule is CC(C)OC1=C2C=CC(=C1)C2C(Cl)Cl. The van der Waals surface area contributed by atoms with Crippen molar-refractivity contribution >= 4 is 23.2 Å². The molecule has 1 nitrogen and oxygen atoms in total. The van der Waals surface area contributed by atoms with Crippen LogP contribution in [0.2, 0.25) is 0 Å². The fourth-order valence-electron chi connectivity index (χ4n) is 1.82. The van der Waals surface area contributed by atoms with Gasteiger partial charge in [-0.1, -0.05) is 12.2 Å². The molecule has 0 saturated carbocycles. The third kappa shape index (κ3) is 1.59. The van der Waals surface area contributed by atoms with E-state index in [1.54, 1.807) is 0 Å².